The zero-order valence-electron chi connectivity index (χ0n) is 18.1. The number of furan rings is 1. The van der Waals surface area contributed by atoms with Gasteiger partial charge < -0.3 is 13.9 Å². The molecular weight excluding hydrogens is 372 g/mol. The Morgan fingerprint density at radius 2 is 1.70 bits per heavy atom. The number of hydrogen-bond donors (Lipinski definition) is 0. The highest BCUT2D eigenvalue weighted by Gasteiger charge is 2.17. The molecule has 0 fully saturated rings. The Hall–Kier alpha value is -2.75. The third-order valence-electron chi connectivity index (χ3n) is 5.50. The maximum Gasteiger partial charge on any atom is 0.223 e. The lowest BCUT2D eigenvalue weighted by atomic mass is 10.1. The molecule has 1 aromatic carbocycles. The Morgan fingerprint density at radius 3 is 2.47 bits per heavy atom. The molecule has 0 saturated heterocycles. The average molecular weight is 407 g/mol. The topological polar surface area (TPSA) is 38.4 Å². The van der Waals surface area contributed by atoms with Crippen molar-refractivity contribution in [2.75, 3.05) is 0 Å². The van der Waals surface area contributed by atoms with Crippen molar-refractivity contribution in [2.24, 2.45) is 0 Å². The minimum atomic E-state index is 0.203. The van der Waals surface area contributed by atoms with E-state index in [1.807, 2.05) is 23.1 Å². The molecule has 2 aromatic heterocycles. The van der Waals surface area contributed by atoms with Gasteiger partial charge in [-0.05, 0) is 36.2 Å². The van der Waals surface area contributed by atoms with Crippen LogP contribution in [0.3, 0.4) is 0 Å². The molecule has 0 aliphatic rings. The minimum Gasteiger partial charge on any atom is -0.467 e. The summed E-state index contributed by atoms with van der Waals surface area (Å²) in [6.07, 6.45) is 11.5. The maximum atomic E-state index is 13.0. The van der Waals surface area contributed by atoms with Crippen molar-refractivity contribution in [1.82, 2.24) is 9.47 Å². The largest absolute Gasteiger partial charge is 0.467 e. The fourth-order valence-corrected chi connectivity index (χ4v) is 3.76. The second-order valence-corrected chi connectivity index (χ2v) is 7.96. The molecule has 0 aliphatic carbocycles. The first kappa shape index (κ1) is 21.9. The van der Waals surface area contributed by atoms with E-state index in [9.17, 15) is 4.79 Å². The first-order valence-electron chi connectivity index (χ1n) is 11.2. The highest BCUT2D eigenvalue weighted by atomic mass is 16.3. The predicted octanol–water partition coefficient (Wildman–Crippen LogP) is 6.41. The normalized spacial score (nSPS) is 11.0. The molecule has 4 heteroatoms. The lowest BCUT2D eigenvalue weighted by Crippen LogP contribution is -2.30. The van der Waals surface area contributed by atoms with Crippen LogP contribution < -0.4 is 0 Å². The molecule has 3 rings (SSSR count). The second-order valence-electron chi connectivity index (χ2n) is 7.96. The van der Waals surface area contributed by atoms with Gasteiger partial charge in [-0.1, -0.05) is 69.4 Å². The molecule has 0 unspecified atom stereocenters. The molecule has 1 amide bonds. The van der Waals surface area contributed by atoms with Crippen LogP contribution in [0.25, 0.3) is 0 Å². The number of nitrogens with zero attached hydrogens (tertiary/aromatic N) is 2. The summed E-state index contributed by atoms with van der Waals surface area (Å²) >= 11 is 0. The van der Waals surface area contributed by atoms with E-state index >= 15 is 0 Å². The monoisotopic (exact) mass is 406 g/mol. The van der Waals surface area contributed by atoms with E-state index in [2.05, 4.69) is 54.1 Å². The number of aromatic nitrogens is 1. The van der Waals surface area contributed by atoms with Crippen molar-refractivity contribution in [3.05, 3.63) is 84.1 Å². The van der Waals surface area contributed by atoms with Crippen LogP contribution in [0, 0.1) is 0 Å². The molecule has 0 atom stereocenters. The van der Waals surface area contributed by atoms with Gasteiger partial charge in [-0.15, -0.1) is 0 Å². The first-order valence-corrected chi connectivity index (χ1v) is 11.2. The van der Waals surface area contributed by atoms with Crippen molar-refractivity contribution >= 4 is 5.91 Å². The van der Waals surface area contributed by atoms with Crippen LogP contribution in [-0.2, 0) is 24.4 Å². The van der Waals surface area contributed by atoms with Crippen LogP contribution >= 0.6 is 0 Å². The average Bonchev–Trinajstić information content (AvgIpc) is 3.43. The lowest BCUT2D eigenvalue weighted by molar-refractivity contribution is -0.133. The Morgan fingerprint density at radius 1 is 0.900 bits per heavy atom. The number of carbonyl (C=O) groups excluding carboxylic acids is 1. The highest BCUT2D eigenvalue weighted by molar-refractivity contribution is 5.76. The summed E-state index contributed by atoms with van der Waals surface area (Å²) in [6.45, 7) is 4.14. The highest BCUT2D eigenvalue weighted by Crippen LogP contribution is 2.16. The fraction of sp³-hybridized carbons (Fsp3) is 0.423. The summed E-state index contributed by atoms with van der Waals surface area (Å²) in [5.41, 5.74) is 2.40. The zero-order valence-corrected chi connectivity index (χ0v) is 18.1. The SMILES string of the molecule is CCCCCCCCC(=O)N(Cc1ccco1)Cc1cccn1Cc1ccccc1. The third kappa shape index (κ3) is 6.94. The van der Waals surface area contributed by atoms with Crippen molar-refractivity contribution in [3.8, 4) is 0 Å². The quantitative estimate of drug-likeness (QED) is 0.308. The van der Waals surface area contributed by atoms with Gasteiger partial charge in [0.1, 0.15) is 5.76 Å². The van der Waals surface area contributed by atoms with Crippen LogP contribution in [0.1, 0.15) is 68.9 Å². The molecule has 3 aromatic rings. The summed E-state index contributed by atoms with van der Waals surface area (Å²) in [5, 5.41) is 0. The van der Waals surface area contributed by atoms with E-state index in [0.717, 1.165) is 30.8 Å². The van der Waals surface area contributed by atoms with Crippen LogP contribution in [0.15, 0.2) is 71.5 Å². The number of unbranched alkanes of at least 4 members (excludes halogenated alkanes) is 5. The van der Waals surface area contributed by atoms with Gasteiger partial charge in [0.05, 0.1) is 19.4 Å². The van der Waals surface area contributed by atoms with E-state index in [0.29, 0.717) is 19.5 Å². The predicted molar refractivity (Wildman–Crippen MR) is 121 cm³/mol. The fourth-order valence-electron chi connectivity index (χ4n) is 3.76. The minimum absolute atomic E-state index is 0.203. The van der Waals surface area contributed by atoms with Crippen molar-refractivity contribution in [3.63, 3.8) is 0 Å². The standard InChI is InChI=1S/C26H34N2O2/c1-2-3-4-5-6-10-17-26(29)28(22-25-16-12-19-30-25)21-24-15-11-18-27(24)20-23-13-8-7-9-14-23/h7-9,11-16,18-19H,2-6,10,17,20-22H2,1H3. The summed E-state index contributed by atoms with van der Waals surface area (Å²) in [5.74, 6) is 1.03. The smallest absolute Gasteiger partial charge is 0.223 e. The van der Waals surface area contributed by atoms with Gasteiger partial charge in [0.15, 0.2) is 0 Å². The molecule has 0 N–H and O–H groups in total. The van der Waals surface area contributed by atoms with Crippen molar-refractivity contribution < 1.29 is 9.21 Å². The van der Waals surface area contributed by atoms with Gasteiger partial charge in [-0.25, -0.2) is 0 Å². The molecule has 0 aliphatic heterocycles. The Balaban J connectivity index is 1.61. The van der Waals surface area contributed by atoms with E-state index in [-0.39, 0.29) is 5.91 Å². The van der Waals surface area contributed by atoms with Crippen LogP contribution in [0.5, 0.6) is 0 Å². The summed E-state index contributed by atoms with van der Waals surface area (Å²) in [6, 6.07) is 18.4. The number of amides is 1. The molecule has 0 radical (unpaired) electrons. The number of hydrogen-bond acceptors (Lipinski definition) is 2. The lowest BCUT2D eigenvalue weighted by Gasteiger charge is -2.23. The summed E-state index contributed by atoms with van der Waals surface area (Å²) < 4.78 is 7.75. The van der Waals surface area contributed by atoms with E-state index in [1.54, 1.807) is 6.26 Å². The molecule has 30 heavy (non-hydrogen) atoms. The van der Waals surface area contributed by atoms with Gasteiger partial charge in [0.25, 0.3) is 0 Å². The van der Waals surface area contributed by atoms with Crippen LogP contribution in [0.2, 0.25) is 0 Å². The summed E-state index contributed by atoms with van der Waals surface area (Å²) in [4.78, 5) is 15.0. The first-order chi connectivity index (χ1) is 14.8. The Bertz CT molecular complexity index is 852. The molecule has 2 heterocycles. The number of carbonyl (C=O) groups is 1. The Kier molecular flexibility index (Phi) is 8.82. The molecule has 0 bridgehead atoms. The molecule has 0 spiro atoms. The van der Waals surface area contributed by atoms with E-state index in [1.165, 1.54) is 31.2 Å². The zero-order chi connectivity index (χ0) is 21.0. The van der Waals surface area contributed by atoms with Gasteiger partial charge in [-0.2, -0.15) is 0 Å². The Labute approximate surface area is 180 Å². The van der Waals surface area contributed by atoms with Gasteiger partial charge in [0.2, 0.25) is 5.91 Å². The van der Waals surface area contributed by atoms with Gasteiger partial charge >= 0.3 is 0 Å². The molecule has 0 saturated carbocycles. The van der Waals surface area contributed by atoms with Crippen LogP contribution in [-0.4, -0.2) is 15.4 Å². The maximum absolute atomic E-state index is 13.0. The summed E-state index contributed by atoms with van der Waals surface area (Å²) in [7, 11) is 0. The number of rotatable bonds is 13. The van der Waals surface area contributed by atoms with Crippen molar-refractivity contribution in [2.45, 2.75) is 71.5 Å². The molecule has 160 valence electrons. The van der Waals surface area contributed by atoms with E-state index < -0.39 is 0 Å². The number of benzene rings is 1. The van der Waals surface area contributed by atoms with Gasteiger partial charge in [-0.3, -0.25) is 4.79 Å². The third-order valence-corrected chi connectivity index (χ3v) is 5.50. The molecule has 4 nitrogen and oxygen atoms in total. The van der Waals surface area contributed by atoms with E-state index in [4.69, 9.17) is 4.42 Å². The van der Waals surface area contributed by atoms with Crippen LogP contribution in [0.4, 0.5) is 0 Å². The van der Waals surface area contributed by atoms with Crippen molar-refractivity contribution in [1.29, 1.82) is 0 Å². The molecular formula is C26H34N2O2. The second kappa shape index (κ2) is 12.1. The van der Waals surface area contributed by atoms with Gasteiger partial charge in [0, 0.05) is 24.9 Å².